The van der Waals surface area contributed by atoms with Gasteiger partial charge in [-0.3, -0.25) is 14.3 Å². The van der Waals surface area contributed by atoms with Crippen LogP contribution in [0, 0.1) is 0 Å². The summed E-state index contributed by atoms with van der Waals surface area (Å²) in [6.45, 7) is 3.89. The van der Waals surface area contributed by atoms with Crippen LogP contribution in [0.3, 0.4) is 0 Å². The smallest absolute Gasteiger partial charge is 0.100 e. The SMILES string of the molecule is Cn1cc(CN2Cc3nnn(C)c3[C@H](COCc3ccccc3)C2)cn1. The second kappa shape index (κ2) is 7.39. The second-order valence-electron chi connectivity index (χ2n) is 6.93. The van der Waals surface area contributed by atoms with Crippen LogP contribution < -0.4 is 0 Å². The fourth-order valence-electron chi connectivity index (χ4n) is 3.65. The molecular weight excluding hydrogens is 328 g/mol. The zero-order valence-electron chi connectivity index (χ0n) is 15.2. The standard InChI is InChI=1S/C19H24N6O/c1-23-9-16(8-20-23)10-25-11-17(19-18(12-25)21-22-24(19)2)14-26-13-15-6-4-3-5-7-15/h3-9,17H,10-14H2,1-2H3/t17-/m0/s1. The van der Waals surface area contributed by atoms with Gasteiger partial charge in [0.1, 0.15) is 5.69 Å². The molecule has 1 atom stereocenters. The molecule has 0 radical (unpaired) electrons. The zero-order chi connectivity index (χ0) is 17.9. The molecule has 1 aliphatic heterocycles. The molecule has 0 saturated heterocycles. The van der Waals surface area contributed by atoms with Crippen molar-refractivity contribution in [2.45, 2.75) is 25.6 Å². The van der Waals surface area contributed by atoms with E-state index >= 15 is 0 Å². The van der Waals surface area contributed by atoms with Crippen molar-refractivity contribution in [3.05, 3.63) is 65.2 Å². The molecule has 2 aromatic heterocycles. The maximum absolute atomic E-state index is 6.03. The van der Waals surface area contributed by atoms with Gasteiger partial charge in [-0.05, 0) is 5.56 Å². The molecule has 0 unspecified atom stereocenters. The van der Waals surface area contributed by atoms with Crippen molar-refractivity contribution in [2.24, 2.45) is 14.1 Å². The maximum Gasteiger partial charge on any atom is 0.100 e. The first-order valence-electron chi connectivity index (χ1n) is 8.89. The predicted molar refractivity (Wildman–Crippen MR) is 97.2 cm³/mol. The van der Waals surface area contributed by atoms with Crippen LogP contribution in [0.15, 0.2) is 42.7 Å². The van der Waals surface area contributed by atoms with Crippen molar-refractivity contribution in [1.82, 2.24) is 29.7 Å². The average Bonchev–Trinajstić information content (AvgIpc) is 3.22. The monoisotopic (exact) mass is 352 g/mol. The Bertz CT molecular complexity index is 856. The Hall–Kier alpha value is -2.51. The molecular formula is C19H24N6O. The summed E-state index contributed by atoms with van der Waals surface area (Å²) in [4.78, 5) is 2.39. The largest absolute Gasteiger partial charge is 0.376 e. The van der Waals surface area contributed by atoms with E-state index in [1.165, 1.54) is 16.8 Å². The molecule has 0 aliphatic carbocycles. The number of benzene rings is 1. The Kier molecular flexibility index (Phi) is 4.81. The number of ether oxygens (including phenoxy) is 1. The minimum Gasteiger partial charge on any atom is -0.376 e. The topological polar surface area (TPSA) is 61.0 Å². The summed E-state index contributed by atoms with van der Waals surface area (Å²) in [7, 11) is 3.91. The van der Waals surface area contributed by atoms with Gasteiger partial charge in [0.2, 0.25) is 0 Å². The lowest BCUT2D eigenvalue weighted by atomic mass is 9.98. The molecule has 1 aliphatic rings. The average molecular weight is 352 g/mol. The summed E-state index contributed by atoms with van der Waals surface area (Å²) in [5, 5.41) is 12.9. The quantitative estimate of drug-likeness (QED) is 0.678. The number of nitrogens with zero attached hydrogens (tertiary/aromatic N) is 6. The number of rotatable bonds is 6. The van der Waals surface area contributed by atoms with Crippen molar-refractivity contribution in [2.75, 3.05) is 13.2 Å². The summed E-state index contributed by atoms with van der Waals surface area (Å²) >= 11 is 0. The molecule has 7 nitrogen and oxygen atoms in total. The summed E-state index contributed by atoms with van der Waals surface area (Å²) in [6, 6.07) is 10.3. The second-order valence-corrected chi connectivity index (χ2v) is 6.93. The van der Waals surface area contributed by atoms with Crippen molar-refractivity contribution >= 4 is 0 Å². The first kappa shape index (κ1) is 16.9. The fourth-order valence-corrected chi connectivity index (χ4v) is 3.65. The van der Waals surface area contributed by atoms with Gasteiger partial charge in [-0.15, -0.1) is 5.10 Å². The molecule has 26 heavy (non-hydrogen) atoms. The van der Waals surface area contributed by atoms with Crippen LogP contribution in [-0.2, 0) is 38.5 Å². The van der Waals surface area contributed by atoms with E-state index in [2.05, 4.69) is 38.6 Å². The van der Waals surface area contributed by atoms with Crippen LogP contribution >= 0.6 is 0 Å². The van der Waals surface area contributed by atoms with Crippen LogP contribution in [0.5, 0.6) is 0 Å². The van der Waals surface area contributed by atoms with E-state index in [-0.39, 0.29) is 5.92 Å². The molecule has 0 amide bonds. The highest BCUT2D eigenvalue weighted by Gasteiger charge is 2.30. The molecule has 136 valence electrons. The van der Waals surface area contributed by atoms with Crippen LogP contribution in [-0.4, -0.2) is 42.8 Å². The van der Waals surface area contributed by atoms with Gasteiger partial charge in [0.15, 0.2) is 0 Å². The molecule has 0 N–H and O–H groups in total. The lowest BCUT2D eigenvalue weighted by Gasteiger charge is -2.31. The van der Waals surface area contributed by atoms with Crippen LogP contribution in [0.1, 0.15) is 28.4 Å². The number of fused-ring (bicyclic) bond motifs is 1. The van der Waals surface area contributed by atoms with Crippen LogP contribution in [0.4, 0.5) is 0 Å². The van der Waals surface area contributed by atoms with Crippen LogP contribution in [0.25, 0.3) is 0 Å². The third-order valence-electron chi connectivity index (χ3n) is 4.78. The van der Waals surface area contributed by atoms with E-state index < -0.39 is 0 Å². The fraction of sp³-hybridized carbons (Fsp3) is 0.421. The van der Waals surface area contributed by atoms with Gasteiger partial charge in [0.25, 0.3) is 0 Å². The van der Waals surface area contributed by atoms with E-state index in [4.69, 9.17) is 4.74 Å². The van der Waals surface area contributed by atoms with E-state index in [0.717, 1.165) is 25.3 Å². The van der Waals surface area contributed by atoms with Gasteiger partial charge in [-0.1, -0.05) is 35.5 Å². The Balaban J connectivity index is 1.44. The Morgan fingerprint density at radius 2 is 2.00 bits per heavy atom. The van der Waals surface area contributed by atoms with Crippen molar-refractivity contribution in [1.29, 1.82) is 0 Å². The van der Waals surface area contributed by atoms with E-state index in [1.807, 2.05) is 47.9 Å². The molecule has 4 rings (SSSR count). The summed E-state index contributed by atoms with van der Waals surface area (Å²) in [5.41, 5.74) is 4.65. The molecule has 3 heterocycles. The molecule has 0 fully saturated rings. The minimum absolute atomic E-state index is 0.263. The van der Waals surface area contributed by atoms with Gasteiger partial charge in [0, 0.05) is 51.4 Å². The summed E-state index contributed by atoms with van der Waals surface area (Å²) in [6.07, 6.45) is 3.99. The first-order chi connectivity index (χ1) is 12.7. The van der Waals surface area contributed by atoms with Crippen molar-refractivity contribution < 1.29 is 4.74 Å². The predicted octanol–water partition coefficient (Wildman–Crippen LogP) is 1.86. The minimum atomic E-state index is 0.263. The number of aromatic nitrogens is 5. The summed E-state index contributed by atoms with van der Waals surface area (Å²) < 4.78 is 9.77. The van der Waals surface area contributed by atoms with E-state index in [1.54, 1.807) is 0 Å². The summed E-state index contributed by atoms with van der Waals surface area (Å²) in [5.74, 6) is 0.263. The molecule has 3 aromatic rings. The van der Waals surface area contributed by atoms with E-state index in [9.17, 15) is 0 Å². The molecule has 7 heteroatoms. The van der Waals surface area contributed by atoms with Gasteiger partial charge in [-0.25, -0.2) is 0 Å². The molecule has 0 saturated carbocycles. The molecule has 0 bridgehead atoms. The highest BCUT2D eigenvalue weighted by molar-refractivity contribution is 5.20. The number of hydrogen-bond donors (Lipinski definition) is 0. The molecule has 0 spiro atoms. The van der Waals surface area contributed by atoms with Gasteiger partial charge < -0.3 is 4.74 Å². The third kappa shape index (κ3) is 3.68. The van der Waals surface area contributed by atoms with Crippen molar-refractivity contribution in [3.63, 3.8) is 0 Å². The third-order valence-corrected chi connectivity index (χ3v) is 4.78. The molecule has 1 aromatic carbocycles. The van der Waals surface area contributed by atoms with Gasteiger partial charge >= 0.3 is 0 Å². The lowest BCUT2D eigenvalue weighted by molar-refractivity contribution is 0.0830. The highest BCUT2D eigenvalue weighted by atomic mass is 16.5. The van der Waals surface area contributed by atoms with Gasteiger partial charge in [0.05, 0.1) is 25.1 Å². The van der Waals surface area contributed by atoms with Crippen molar-refractivity contribution in [3.8, 4) is 0 Å². The Labute approximate surface area is 153 Å². The Morgan fingerprint density at radius 3 is 2.77 bits per heavy atom. The zero-order valence-corrected chi connectivity index (χ0v) is 15.2. The highest BCUT2D eigenvalue weighted by Crippen LogP contribution is 2.28. The first-order valence-corrected chi connectivity index (χ1v) is 8.89. The number of aryl methyl sites for hydroxylation is 2. The van der Waals surface area contributed by atoms with Crippen LogP contribution in [0.2, 0.25) is 0 Å². The maximum atomic E-state index is 6.03. The van der Waals surface area contributed by atoms with Gasteiger partial charge in [-0.2, -0.15) is 5.10 Å². The lowest BCUT2D eigenvalue weighted by Crippen LogP contribution is -2.35. The van der Waals surface area contributed by atoms with E-state index in [0.29, 0.717) is 13.2 Å². The normalized spacial score (nSPS) is 17.4. The Morgan fingerprint density at radius 1 is 1.15 bits per heavy atom. The number of hydrogen-bond acceptors (Lipinski definition) is 5.